The van der Waals surface area contributed by atoms with Crippen molar-refractivity contribution in [2.75, 3.05) is 11.9 Å². The zero-order valence-corrected chi connectivity index (χ0v) is 15.5. The lowest BCUT2D eigenvalue weighted by Gasteiger charge is -2.16. The van der Waals surface area contributed by atoms with E-state index in [1.807, 2.05) is 20.8 Å². The quantitative estimate of drug-likeness (QED) is 0.850. The van der Waals surface area contributed by atoms with Gasteiger partial charge in [0.25, 0.3) is 5.91 Å². The Bertz CT molecular complexity index is 856. The summed E-state index contributed by atoms with van der Waals surface area (Å²) in [4.78, 5) is 20.9. The van der Waals surface area contributed by atoms with Crippen LogP contribution in [0.4, 0.5) is 5.69 Å². The van der Waals surface area contributed by atoms with E-state index in [0.29, 0.717) is 11.5 Å². The molecule has 0 spiro atoms. The molecule has 0 saturated carbocycles. The molecule has 7 nitrogen and oxygen atoms in total. The highest BCUT2D eigenvalue weighted by Gasteiger charge is 2.18. The van der Waals surface area contributed by atoms with Gasteiger partial charge in [0.2, 0.25) is 10.0 Å². The van der Waals surface area contributed by atoms with Crippen molar-refractivity contribution in [2.45, 2.75) is 38.0 Å². The average Bonchev–Trinajstić information content (AvgIpc) is 2.54. The summed E-state index contributed by atoms with van der Waals surface area (Å²) in [6.07, 6.45) is 3.06. The molecule has 134 valence electrons. The molecule has 0 saturated heterocycles. The first-order valence-corrected chi connectivity index (χ1v) is 9.35. The van der Waals surface area contributed by atoms with Gasteiger partial charge in [-0.25, -0.2) is 23.1 Å². The number of sulfonamides is 1. The minimum absolute atomic E-state index is 0.0429. The Labute approximate surface area is 148 Å². The summed E-state index contributed by atoms with van der Waals surface area (Å²) < 4.78 is 26.5. The van der Waals surface area contributed by atoms with Crippen molar-refractivity contribution in [3.8, 4) is 0 Å². The second kappa shape index (κ2) is 7.28. The molecule has 0 aliphatic rings. The van der Waals surface area contributed by atoms with E-state index in [0.717, 1.165) is 0 Å². The molecule has 2 aromatic rings. The van der Waals surface area contributed by atoms with Gasteiger partial charge < -0.3 is 5.32 Å². The van der Waals surface area contributed by atoms with Crippen LogP contribution in [0, 0.1) is 0 Å². The zero-order valence-electron chi connectivity index (χ0n) is 14.7. The minimum atomic E-state index is -3.62. The largest absolute Gasteiger partial charge is 0.319 e. The van der Waals surface area contributed by atoms with Gasteiger partial charge in [-0.2, -0.15) is 0 Å². The summed E-state index contributed by atoms with van der Waals surface area (Å²) in [7, 11) is -3.62. The predicted octanol–water partition coefficient (Wildman–Crippen LogP) is 2.32. The summed E-state index contributed by atoms with van der Waals surface area (Å²) in [5.41, 5.74) is 0.495. The van der Waals surface area contributed by atoms with E-state index in [9.17, 15) is 13.2 Å². The van der Waals surface area contributed by atoms with Gasteiger partial charge in [-0.05, 0) is 18.2 Å². The molecule has 2 rings (SSSR count). The molecule has 2 N–H and O–H groups in total. The number of carbonyl (C=O) groups is 1. The fourth-order valence-corrected chi connectivity index (χ4v) is 3.15. The molecule has 0 aliphatic carbocycles. The van der Waals surface area contributed by atoms with Crippen LogP contribution in [0.5, 0.6) is 0 Å². The molecule has 1 amide bonds. The number of hydrogen-bond donors (Lipinski definition) is 2. The molecular formula is C17H22N4O3S. The lowest BCUT2D eigenvalue weighted by Crippen LogP contribution is -2.23. The fraction of sp³-hybridized carbons (Fsp3) is 0.353. The predicted molar refractivity (Wildman–Crippen MR) is 96.0 cm³/mol. The highest BCUT2D eigenvalue weighted by molar-refractivity contribution is 7.89. The maximum Gasteiger partial charge on any atom is 0.255 e. The lowest BCUT2D eigenvalue weighted by atomic mass is 9.96. The highest BCUT2D eigenvalue weighted by Crippen LogP contribution is 2.19. The van der Waals surface area contributed by atoms with Crippen LogP contribution in [0.3, 0.4) is 0 Å². The van der Waals surface area contributed by atoms with Gasteiger partial charge in [-0.1, -0.05) is 33.8 Å². The van der Waals surface area contributed by atoms with Crippen molar-refractivity contribution in [2.24, 2.45) is 0 Å². The summed E-state index contributed by atoms with van der Waals surface area (Å²) in [6.45, 7) is 7.95. The van der Waals surface area contributed by atoms with Crippen LogP contribution in [0.25, 0.3) is 0 Å². The van der Waals surface area contributed by atoms with Crippen molar-refractivity contribution in [3.63, 3.8) is 0 Å². The van der Waals surface area contributed by atoms with Crippen molar-refractivity contribution < 1.29 is 13.2 Å². The van der Waals surface area contributed by atoms with Crippen LogP contribution in [0.1, 0.15) is 43.9 Å². The maximum atomic E-state index is 12.4. The Hall–Kier alpha value is -2.32. The van der Waals surface area contributed by atoms with Crippen molar-refractivity contribution in [1.29, 1.82) is 0 Å². The molecule has 0 unspecified atom stereocenters. The third-order valence-electron chi connectivity index (χ3n) is 3.32. The number of rotatable bonds is 5. The van der Waals surface area contributed by atoms with Gasteiger partial charge in [0.15, 0.2) is 0 Å². The van der Waals surface area contributed by atoms with E-state index in [1.54, 1.807) is 13.0 Å². The number of benzene rings is 1. The number of carbonyl (C=O) groups excluding carboxylic acids is 1. The number of aromatic nitrogens is 2. The third-order valence-corrected chi connectivity index (χ3v) is 4.86. The van der Waals surface area contributed by atoms with E-state index >= 15 is 0 Å². The van der Waals surface area contributed by atoms with Crippen molar-refractivity contribution in [1.82, 2.24) is 14.7 Å². The number of hydrogen-bond acceptors (Lipinski definition) is 5. The molecule has 0 bridgehead atoms. The van der Waals surface area contributed by atoms with E-state index in [-0.39, 0.29) is 22.4 Å². The van der Waals surface area contributed by atoms with Crippen LogP contribution < -0.4 is 10.0 Å². The first-order chi connectivity index (χ1) is 11.6. The fourth-order valence-electron chi connectivity index (χ4n) is 2.06. The molecule has 8 heteroatoms. The maximum absolute atomic E-state index is 12.4. The highest BCUT2D eigenvalue weighted by atomic mass is 32.2. The summed E-state index contributed by atoms with van der Waals surface area (Å²) in [5, 5.41) is 2.67. The molecule has 1 aromatic heterocycles. The summed E-state index contributed by atoms with van der Waals surface area (Å²) in [5.74, 6) is 0.241. The second-order valence-electron chi connectivity index (χ2n) is 6.53. The molecule has 0 atom stereocenters. The Morgan fingerprint density at radius 2 is 1.80 bits per heavy atom. The van der Waals surface area contributed by atoms with Gasteiger partial charge in [-0.15, -0.1) is 0 Å². The standard InChI is InChI=1S/C17H22N4O3S/c1-5-20-25(23,24)14-8-6-7-12(9-14)15(22)21-13-10-18-16(19-11-13)17(2,3)4/h6-11,20H,5H2,1-4H3,(H,21,22). The van der Waals surface area contributed by atoms with Gasteiger partial charge in [-0.3, -0.25) is 4.79 Å². The number of nitrogens with zero attached hydrogens (tertiary/aromatic N) is 2. The summed E-state index contributed by atoms with van der Waals surface area (Å²) in [6, 6.07) is 5.84. The van der Waals surface area contributed by atoms with Gasteiger partial charge in [0.05, 0.1) is 23.0 Å². The minimum Gasteiger partial charge on any atom is -0.319 e. The molecule has 0 radical (unpaired) electrons. The van der Waals surface area contributed by atoms with Crippen LogP contribution in [-0.4, -0.2) is 30.8 Å². The van der Waals surface area contributed by atoms with Crippen LogP contribution >= 0.6 is 0 Å². The second-order valence-corrected chi connectivity index (χ2v) is 8.30. The van der Waals surface area contributed by atoms with Crippen LogP contribution in [0.15, 0.2) is 41.6 Å². The smallest absolute Gasteiger partial charge is 0.255 e. The average molecular weight is 362 g/mol. The van der Waals surface area contributed by atoms with Gasteiger partial charge in [0.1, 0.15) is 5.82 Å². The van der Waals surface area contributed by atoms with Gasteiger partial charge >= 0.3 is 0 Å². The Morgan fingerprint density at radius 1 is 1.16 bits per heavy atom. The molecule has 0 fully saturated rings. The monoisotopic (exact) mass is 362 g/mol. The lowest BCUT2D eigenvalue weighted by molar-refractivity contribution is 0.102. The molecule has 0 aliphatic heterocycles. The summed E-state index contributed by atoms with van der Waals surface area (Å²) >= 11 is 0. The first-order valence-electron chi connectivity index (χ1n) is 7.87. The topological polar surface area (TPSA) is 101 Å². The molecule has 1 aromatic carbocycles. The van der Waals surface area contributed by atoms with Crippen molar-refractivity contribution >= 4 is 21.6 Å². The van der Waals surface area contributed by atoms with Crippen LogP contribution in [-0.2, 0) is 15.4 Å². The SMILES string of the molecule is CCNS(=O)(=O)c1cccc(C(=O)Nc2cnc(C(C)(C)C)nc2)c1. The van der Waals surface area contributed by atoms with E-state index < -0.39 is 15.9 Å². The van der Waals surface area contributed by atoms with E-state index in [4.69, 9.17) is 0 Å². The number of nitrogens with one attached hydrogen (secondary N) is 2. The van der Waals surface area contributed by atoms with E-state index in [2.05, 4.69) is 20.0 Å². The Morgan fingerprint density at radius 3 is 2.36 bits per heavy atom. The zero-order chi connectivity index (χ0) is 18.7. The van der Waals surface area contributed by atoms with Gasteiger partial charge in [0, 0.05) is 17.5 Å². The molecular weight excluding hydrogens is 340 g/mol. The van der Waals surface area contributed by atoms with Crippen LogP contribution in [0.2, 0.25) is 0 Å². The third kappa shape index (κ3) is 4.83. The molecule has 1 heterocycles. The number of anilines is 1. The Balaban J connectivity index is 2.19. The first kappa shape index (κ1) is 19.0. The Kier molecular flexibility index (Phi) is 5.54. The number of amides is 1. The normalized spacial score (nSPS) is 12.0. The van der Waals surface area contributed by atoms with E-state index in [1.165, 1.54) is 30.6 Å². The van der Waals surface area contributed by atoms with Crippen molar-refractivity contribution in [3.05, 3.63) is 48.0 Å². The molecule has 25 heavy (non-hydrogen) atoms.